The Morgan fingerprint density at radius 3 is 2.18 bits per heavy atom. The van der Waals surface area contributed by atoms with Gasteiger partial charge in [0, 0.05) is 45.0 Å². The van der Waals surface area contributed by atoms with E-state index in [4.69, 9.17) is 0 Å². The van der Waals surface area contributed by atoms with Gasteiger partial charge < -0.3 is 20.4 Å². The number of rotatable bonds is 9. The Kier molecular flexibility index (Phi) is 22.4. The standard InChI is InChI=1S/C23H40N4.C3H6.C3H8/c1-5-10-22(4)27-18-9-17-26(16-8-13-24-15-20-27)19-14-25-21-23(11-6-2)12-7-3;1-2-3-1;1-3-2/h5-7,10-12,24-25H,1-2,8-9,13-21H2,3-4H3;1-3H2;3H2,1-2H3/b12-7-,22-10+,23-11+;;. The zero-order chi connectivity index (χ0) is 24.6. The molecule has 0 radical (unpaired) electrons. The number of hydrogen-bond acceptors (Lipinski definition) is 4. The van der Waals surface area contributed by atoms with Gasteiger partial charge in [-0.3, -0.25) is 0 Å². The lowest BCUT2D eigenvalue weighted by Crippen LogP contribution is -2.35. The van der Waals surface area contributed by atoms with Crippen LogP contribution in [0.25, 0.3) is 0 Å². The minimum atomic E-state index is 0.894. The molecule has 0 bridgehead atoms. The second-order valence-electron chi connectivity index (χ2n) is 8.75. The third kappa shape index (κ3) is 20.7. The van der Waals surface area contributed by atoms with Crippen LogP contribution in [-0.4, -0.2) is 68.7 Å². The van der Waals surface area contributed by atoms with Crippen molar-refractivity contribution in [3.63, 3.8) is 0 Å². The first kappa shape index (κ1) is 31.4. The van der Waals surface area contributed by atoms with Crippen LogP contribution in [0, 0.1) is 0 Å². The Labute approximate surface area is 206 Å². The fraction of sp³-hybridized carbons (Fsp3) is 0.655. The van der Waals surface area contributed by atoms with Crippen LogP contribution in [0.15, 0.2) is 60.9 Å². The van der Waals surface area contributed by atoms with Crippen LogP contribution in [0.5, 0.6) is 0 Å². The van der Waals surface area contributed by atoms with Gasteiger partial charge in [0.15, 0.2) is 0 Å². The molecule has 0 unspecified atom stereocenters. The zero-order valence-electron chi connectivity index (χ0n) is 22.4. The van der Waals surface area contributed by atoms with E-state index in [-0.39, 0.29) is 0 Å². The van der Waals surface area contributed by atoms with Crippen LogP contribution in [0.1, 0.15) is 66.2 Å². The van der Waals surface area contributed by atoms with Gasteiger partial charge in [0.2, 0.25) is 0 Å². The number of nitrogens with one attached hydrogen (secondary N) is 2. The summed E-state index contributed by atoms with van der Waals surface area (Å²) in [6, 6.07) is 0. The van der Waals surface area contributed by atoms with Crippen LogP contribution in [0.3, 0.4) is 0 Å². The second kappa shape index (κ2) is 23.5. The van der Waals surface area contributed by atoms with Gasteiger partial charge in [-0.25, -0.2) is 0 Å². The minimum Gasteiger partial charge on any atom is -0.374 e. The van der Waals surface area contributed by atoms with Crippen molar-refractivity contribution in [3.05, 3.63) is 60.9 Å². The molecule has 1 saturated carbocycles. The zero-order valence-corrected chi connectivity index (χ0v) is 22.4. The molecule has 2 N–H and O–H groups in total. The van der Waals surface area contributed by atoms with Gasteiger partial charge in [0.25, 0.3) is 0 Å². The maximum absolute atomic E-state index is 3.83. The van der Waals surface area contributed by atoms with E-state index in [2.05, 4.69) is 85.6 Å². The first-order valence-electron chi connectivity index (χ1n) is 13.2. The smallest absolute Gasteiger partial charge is 0.0300 e. The SMILES string of the molecule is C1CC1.C=C/C=C(\C=C/C)CNCCN1CCCNCCN(/C(C)=C/C=C)CCC1.CCC. The average Bonchev–Trinajstić information content (AvgIpc) is 3.67. The van der Waals surface area contributed by atoms with E-state index in [9.17, 15) is 0 Å². The molecule has 0 aromatic rings. The highest BCUT2D eigenvalue weighted by molar-refractivity contribution is 5.23. The fourth-order valence-electron chi connectivity index (χ4n) is 3.34. The lowest BCUT2D eigenvalue weighted by atomic mass is 10.2. The molecule has 1 aliphatic carbocycles. The summed E-state index contributed by atoms with van der Waals surface area (Å²) in [5.74, 6) is 0. The molecule has 1 saturated heterocycles. The van der Waals surface area contributed by atoms with Gasteiger partial charge >= 0.3 is 0 Å². The van der Waals surface area contributed by atoms with Gasteiger partial charge in [-0.15, -0.1) is 0 Å². The van der Waals surface area contributed by atoms with Crippen LogP contribution in [-0.2, 0) is 0 Å². The summed E-state index contributed by atoms with van der Waals surface area (Å²) in [4.78, 5) is 5.07. The number of allylic oxidation sites excluding steroid dienone is 6. The molecule has 0 aromatic carbocycles. The largest absolute Gasteiger partial charge is 0.374 e. The molecule has 4 nitrogen and oxygen atoms in total. The lowest BCUT2D eigenvalue weighted by Gasteiger charge is -2.27. The average molecular weight is 459 g/mol. The Balaban J connectivity index is 0.00000149. The summed E-state index contributed by atoms with van der Waals surface area (Å²) in [6.07, 6.45) is 20.3. The fourth-order valence-corrected chi connectivity index (χ4v) is 3.34. The van der Waals surface area contributed by atoms with Gasteiger partial charge in [0.1, 0.15) is 0 Å². The number of nitrogens with zero attached hydrogens (tertiary/aromatic N) is 2. The summed E-state index contributed by atoms with van der Waals surface area (Å²) >= 11 is 0. The van der Waals surface area contributed by atoms with Crippen molar-refractivity contribution in [2.24, 2.45) is 0 Å². The molecule has 33 heavy (non-hydrogen) atoms. The first-order chi connectivity index (χ1) is 16.1. The molecule has 2 fully saturated rings. The third-order valence-corrected chi connectivity index (χ3v) is 5.15. The molecule has 4 heteroatoms. The molecule has 1 heterocycles. The van der Waals surface area contributed by atoms with Crippen LogP contribution < -0.4 is 10.6 Å². The Morgan fingerprint density at radius 2 is 1.58 bits per heavy atom. The second-order valence-corrected chi connectivity index (χ2v) is 8.75. The summed E-state index contributed by atoms with van der Waals surface area (Å²) in [5, 5.41) is 7.15. The van der Waals surface area contributed by atoms with E-state index < -0.39 is 0 Å². The maximum Gasteiger partial charge on any atom is 0.0300 e. The summed E-state index contributed by atoms with van der Waals surface area (Å²) in [5.41, 5.74) is 2.58. The number of hydrogen-bond donors (Lipinski definition) is 2. The van der Waals surface area contributed by atoms with Crippen molar-refractivity contribution in [3.8, 4) is 0 Å². The highest BCUT2D eigenvalue weighted by Gasteiger charge is 2.10. The quantitative estimate of drug-likeness (QED) is 0.331. The third-order valence-electron chi connectivity index (χ3n) is 5.15. The van der Waals surface area contributed by atoms with Gasteiger partial charge in [0.05, 0.1) is 0 Å². The van der Waals surface area contributed by atoms with Crippen LogP contribution in [0.4, 0.5) is 0 Å². The molecular weight excluding hydrogens is 404 g/mol. The highest BCUT2D eigenvalue weighted by Crippen LogP contribution is 2.14. The lowest BCUT2D eigenvalue weighted by molar-refractivity contribution is 0.253. The molecular formula is C29H54N4. The van der Waals surface area contributed by atoms with E-state index in [0.717, 1.165) is 52.4 Å². The normalized spacial score (nSPS) is 18.4. The molecule has 2 aliphatic rings. The Morgan fingerprint density at radius 1 is 0.909 bits per heavy atom. The summed E-state index contributed by atoms with van der Waals surface area (Å²) in [6.45, 7) is 25.7. The highest BCUT2D eigenvalue weighted by atomic mass is 15.2. The van der Waals surface area contributed by atoms with Crippen molar-refractivity contribution < 1.29 is 0 Å². The topological polar surface area (TPSA) is 30.5 Å². The van der Waals surface area contributed by atoms with E-state index in [0.29, 0.717) is 0 Å². The van der Waals surface area contributed by atoms with Crippen molar-refractivity contribution in [1.82, 2.24) is 20.4 Å². The minimum absolute atomic E-state index is 0.894. The Hall–Kier alpha value is -1.62. The van der Waals surface area contributed by atoms with E-state index in [1.165, 1.54) is 56.3 Å². The van der Waals surface area contributed by atoms with Crippen molar-refractivity contribution in [1.29, 1.82) is 0 Å². The molecule has 190 valence electrons. The molecule has 0 atom stereocenters. The van der Waals surface area contributed by atoms with Crippen LogP contribution in [0.2, 0.25) is 0 Å². The molecule has 0 spiro atoms. The van der Waals surface area contributed by atoms with Gasteiger partial charge in [-0.2, -0.15) is 0 Å². The monoisotopic (exact) mass is 458 g/mol. The van der Waals surface area contributed by atoms with Gasteiger partial charge in [-0.05, 0) is 58.0 Å². The van der Waals surface area contributed by atoms with Crippen molar-refractivity contribution in [2.45, 2.75) is 66.2 Å². The van der Waals surface area contributed by atoms with Crippen molar-refractivity contribution in [2.75, 3.05) is 58.9 Å². The molecule has 2 rings (SSSR count). The van der Waals surface area contributed by atoms with Gasteiger partial charge in [-0.1, -0.05) is 83.1 Å². The van der Waals surface area contributed by atoms with Crippen LogP contribution >= 0.6 is 0 Å². The summed E-state index contributed by atoms with van der Waals surface area (Å²) < 4.78 is 0. The van der Waals surface area contributed by atoms with E-state index in [1.54, 1.807) is 0 Å². The first-order valence-corrected chi connectivity index (χ1v) is 13.2. The maximum atomic E-state index is 3.83. The van der Waals surface area contributed by atoms with E-state index in [1.807, 2.05) is 12.2 Å². The Bertz CT molecular complexity index is 557. The van der Waals surface area contributed by atoms with E-state index >= 15 is 0 Å². The molecule has 1 aliphatic heterocycles. The molecule has 0 aromatic heterocycles. The molecule has 0 amide bonds. The predicted octanol–water partition coefficient (Wildman–Crippen LogP) is 5.93. The predicted molar refractivity (Wildman–Crippen MR) is 150 cm³/mol. The summed E-state index contributed by atoms with van der Waals surface area (Å²) in [7, 11) is 0. The van der Waals surface area contributed by atoms with Crippen molar-refractivity contribution >= 4 is 0 Å².